The van der Waals surface area contributed by atoms with Crippen LogP contribution in [0.3, 0.4) is 0 Å². The standard InChI is InChI=1S/C26H26N4O3/c31-19-9-12-30(13-10-19)17-26(32)29-25-15-21(8-11-27-25)33-20-6-7-24-22(14-20)23(16-28-24)18-4-2-1-3-5-18/h1-8,11,14-16,19,28,31H,9-10,12-13,17H2,(H,27,29,32). The van der Waals surface area contributed by atoms with Gasteiger partial charge in [-0.15, -0.1) is 0 Å². The van der Waals surface area contributed by atoms with Gasteiger partial charge in [0, 0.05) is 48.0 Å². The first-order valence-corrected chi connectivity index (χ1v) is 11.1. The van der Waals surface area contributed by atoms with Crippen molar-refractivity contribution in [1.29, 1.82) is 0 Å². The highest BCUT2D eigenvalue weighted by Gasteiger charge is 2.19. The van der Waals surface area contributed by atoms with Gasteiger partial charge in [0.15, 0.2) is 0 Å². The Morgan fingerprint density at radius 2 is 1.88 bits per heavy atom. The largest absolute Gasteiger partial charge is 0.457 e. The Hall–Kier alpha value is -3.68. The molecule has 0 radical (unpaired) electrons. The number of hydrogen-bond donors (Lipinski definition) is 3. The summed E-state index contributed by atoms with van der Waals surface area (Å²) in [4.78, 5) is 22.0. The Balaban J connectivity index is 1.28. The Bertz CT molecular complexity index is 1250. The number of ether oxygens (including phenoxy) is 1. The Morgan fingerprint density at radius 3 is 2.70 bits per heavy atom. The van der Waals surface area contributed by atoms with Crippen molar-refractivity contribution in [3.8, 4) is 22.6 Å². The van der Waals surface area contributed by atoms with Crippen LogP contribution in [0.15, 0.2) is 73.1 Å². The molecule has 0 saturated carbocycles. The highest BCUT2D eigenvalue weighted by Crippen LogP contribution is 2.33. The SMILES string of the molecule is O=C(CN1CCC(O)CC1)Nc1cc(Oc2ccc3[nH]cc(-c4ccccc4)c3c2)ccn1. The van der Waals surface area contributed by atoms with Crippen LogP contribution >= 0.6 is 0 Å². The number of carbonyl (C=O) groups excluding carboxylic acids is 1. The summed E-state index contributed by atoms with van der Waals surface area (Å²) in [6.45, 7) is 1.72. The van der Waals surface area contributed by atoms with E-state index in [9.17, 15) is 9.90 Å². The molecular weight excluding hydrogens is 416 g/mol. The maximum Gasteiger partial charge on any atom is 0.239 e. The normalized spacial score (nSPS) is 14.9. The number of H-pyrrole nitrogens is 1. The number of rotatable bonds is 6. The van der Waals surface area contributed by atoms with Gasteiger partial charge in [0.1, 0.15) is 17.3 Å². The van der Waals surface area contributed by atoms with E-state index in [2.05, 4.69) is 27.4 Å². The minimum Gasteiger partial charge on any atom is -0.457 e. The van der Waals surface area contributed by atoms with Crippen LogP contribution in [0, 0.1) is 0 Å². The van der Waals surface area contributed by atoms with E-state index >= 15 is 0 Å². The molecule has 1 amide bonds. The number of nitrogens with zero attached hydrogens (tertiary/aromatic N) is 2. The molecule has 3 N–H and O–H groups in total. The number of likely N-dealkylation sites (tertiary alicyclic amines) is 1. The molecule has 7 heteroatoms. The fourth-order valence-corrected chi connectivity index (χ4v) is 4.16. The van der Waals surface area contributed by atoms with E-state index in [1.807, 2.05) is 47.5 Å². The number of aliphatic hydroxyl groups is 1. The molecular formula is C26H26N4O3. The molecule has 33 heavy (non-hydrogen) atoms. The van der Waals surface area contributed by atoms with Crippen LogP contribution < -0.4 is 10.1 Å². The third-order valence-electron chi connectivity index (χ3n) is 5.90. The van der Waals surface area contributed by atoms with Crippen LogP contribution in [-0.4, -0.2) is 51.6 Å². The second kappa shape index (κ2) is 9.44. The lowest BCUT2D eigenvalue weighted by atomic mass is 10.0. The van der Waals surface area contributed by atoms with Crippen LogP contribution in [0.2, 0.25) is 0 Å². The van der Waals surface area contributed by atoms with E-state index < -0.39 is 0 Å². The molecule has 4 aromatic rings. The topological polar surface area (TPSA) is 90.5 Å². The lowest BCUT2D eigenvalue weighted by Crippen LogP contribution is -2.40. The summed E-state index contributed by atoms with van der Waals surface area (Å²) >= 11 is 0. The molecule has 2 aromatic carbocycles. The Kier molecular flexibility index (Phi) is 6.06. The minimum atomic E-state index is -0.255. The van der Waals surface area contributed by atoms with Crippen molar-refractivity contribution in [2.75, 3.05) is 25.0 Å². The van der Waals surface area contributed by atoms with Gasteiger partial charge < -0.3 is 20.1 Å². The van der Waals surface area contributed by atoms with E-state index in [1.165, 1.54) is 0 Å². The van der Waals surface area contributed by atoms with Gasteiger partial charge in [0.25, 0.3) is 0 Å². The monoisotopic (exact) mass is 442 g/mol. The molecule has 0 spiro atoms. The van der Waals surface area contributed by atoms with Crippen LogP contribution in [0.4, 0.5) is 5.82 Å². The van der Waals surface area contributed by atoms with Crippen LogP contribution in [0.1, 0.15) is 12.8 Å². The first-order valence-electron chi connectivity index (χ1n) is 11.1. The molecule has 168 valence electrons. The summed E-state index contributed by atoms with van der Waals surface area (Å²) in [5.41, 5.74) is 3.29. The number of benzene rings is 2. The van der Waals surface area contributed by atoms with E-state index in [-0.39, 0.29) is 18.6 Å². The van der Waals surface area contributed by atoms with Gasteiger partial charge in [-0.05, 0) is 42.7 Å². The number of aromatic nitrogens is 2. The number of fused-ring (bicyclic) bond motifs is 1. The maximum absolute atomic E-state index is 12.4. The number of anilines is 1. The number of hydrogen-bond acceptors (Lipinski definition) is 5. The average molecular weight is 443 g/mol. The van der Waals surface area contributed by atoms with Crippen LogP contribution in [-0.2, 0) is 4.79 Å². The van der Waals surface area contributed by atoms with Crippen molar-refractivity contribution < 1.29 is 14.6 Å². The van der Waals surface area contributed by atoms with Gasteiger partial charge >= 0.3 is 0 Å². The first-order chi connectivity index (χ1) is 16.1. The Morgan fingerprint density at radius 1 is 1.09 bits per heavy atom. The molecule has 0 atom stereocenters. The van der Waals surface area contributed by atoms with Gasteiger partial charge in [-0.25, -0.2) is 4.98 Å². The van der Waals surface area contributed by atoms with Crippen LogP contribution in [0.25, 0.3) is 22.0 Å². The molecule has 0 bridgehead atoms. The highest BCUT2D eigenvalue weighted by molar-refractivity contribution is 5.96. The van der Waals surface area contributed by atoms with Gasteiger partial charge in [-0.1, -0.05) is 30.3 Å². The lowest BCUT2D eigenvalue weighted by molar-refractivity contribution is -0.117. The smallest absolute Gasteiger partial charge is 0.239 e. The fraction of sp³-hybridized carbons (Fsp3) is 0.231. The van der Waals surface area contributed by atoms with E-state index in [0.29, 0.717) is 30.2 Å². The number of amides is 1. The molecule has 1 saturated heterocycles. The molecule has 0 unspecified atom stereocenters. The number of nitrogens with one attached hydrogen (secondary N) is 2. The van der Waals surface area contributed by atoms with Crippen molar-refractivity contribution in [3.05, 3.63) is 73.1 Å². The third-order valence-corrected chi connectivity index (χ3v) is 5.90. The summed E-state index contributed by atoms with van der Waals surface area (Å²) in [7, 11) is 0. The number of aromatic amines is 1. The fourth-order valence-electron chi connectivity index (χ4n) is 4.16. The second-order valence-corrected chi connectivity index (χ2v) is 8.31. The molecule has 1 aliphatic heterocycles. The number of piperidine rings is 1. The summed E-state index contributed by atoms with van der Waals surface area (Å²) in [5.74, 6) is 1.62. The zero-order chi connectivity index (χ0) is 22.6. The summed E-state index contributed by atoms with van der Waals surface area (Å²) in [6.07, 6.45) is 4.77. The number of aliphatic hydroxyl groups excluding tert-OH is 1. The highest BCUT2D eigenvalue weighted by atomic mass is 16.5. The lowest BCUT2D eigenvalue weighted by Gasteiger charge is -2.28. The zero-order valence-corrected chi connectivity index (χ0v) is 18.2. The minimum absolute atomic E-state index is 0.128. The molecule has 1 aliphatic rings. The van der Waals surface area contributed by atoms with Crippen molar-refractivity contribution in [2.45, 2.75) is 18.9 Å². The molecule has 3 heterocycles. The van der Waals surface area contributed by atoms with Crippen LogP contribution in [0.5, 0.6) is 11.5 Å². The summed E-state index contributed by atoms with van der Waals surface area (Å²) in [5, 5.41) is 13.5. The first kappa shape index (κ1) is 21.2. The van der Waals surface area contributed by atoms with Crippen molar-refractivity contribution in [3.63, 3.8) is 0 Å². The zero-order valence-electron chi connectivity index (χ0n) is 18.2. The molecule has 1 fully saturated rings. The van der Waals surface area contributed by atoms with E-state index in [0.717, 1.165) is 35.1 Å². The molecule has 7 nitrogen and oxygen atoms in total. The van der Waals surface area contributed by atoms with Gasteiger partial charge in [0.05, 0.1) is 12.6 Å². The molecule has 2 aromatic heterocycles. The predicted molar refractivity (Wildman–Crippen MR) is 128 cm³/mol. The third kappa shape index (κ3) is 5.05. The number of pyridine rings is 1. The van der Waals surface area contributed by atoms with Gasteiger partial charge in [-0.3, -0.25) is 9.69 Å². The van der Waals surface area contributed by atoms with E-state index in [1.54, 1.807) is 18.3 Å². The van der Waals surface area contributed by atoms with E-state index in [4.69, 9.17) is 4.74 Å². The van der Waals surface area contributed by atoms with Gasteiger partial charge in [0.2, 0.25) is 5.91 Å². The van der Waals surface area contributed by atoms with Gasteiger partial charge in [-0.2, -0.15) is 0 Å². The predicted octanol–water partition coefficient (Wildman–Crippen LogP) is 4.42. The number of carbonyl (C=O) groups is 1. The maximum atomic E-state index is 12.4. The quantitative estimate of drug-likeness (QED) is 0.411. The average Bonchev–Trinajstić information content (AvgIpc) is 3.25. The Labute approximate surface area is 192 Å². The summed E-state index contributed by atoms with van der Waals surface area (Å²) < 4.78 is 6.09. The molecule has 0 aliphatic carbocycles. The molecule has 5 rings (SSSR count). The van der Waals surface area contributed by atoms with Crippen molar-refractivity contribution >= 4 is 22.6 Å². The second-order valence-electron chi connectivity index (χ2n) is 8.31. The summed E-state index contributed by atoms with van der Waals surface area (Å²) in [6, 6.07) is 19.6. The van der Waals surface area contributed by atoms with Crippen molar-refractivity contribution in [1.82, 2.24) is 14.9 Å². The van der Waals surface area contributed by atoms with Crippen molar-refractivity contribution in [2.24, 2.45) is 0 Å².